The van der Waals surface area contributed by atoms with Crippen molar-refractivity contribution in [1.82, 2.24) is 14.7 Å². The molecule has 1 unspecified atom stereocenters. The number of amides is 1. The second-order valence-corrected chi connectivity index (χ2v) is 4.07. The van der Waals surface area contributed by atoms with Gasteiger partial charge in [-0.05, 0) is 6.07 Å². The molecule has 0 aromatic carbocycles. The Morgan fingerprint density at radius 3 is 3.06 bits per heavy atom. The summed E-state index contributed by atoms with van der Waals surface area (Å²) in [4.78, 5) is 13.3. The van der Waals surface area contributed by atoms with Crippen molar-refractivity contribution in [2.75, 3.05) is 13.1 Å². The molecule has 1 aliphatic heterocycles. The first-order valence-electron chi connectivity index (χ1n) is 5.35. The van der Waals surface area contributed by atoms with E-state index in [4.69, 9.17) is 5.26 Å². The average molecular weight is 218 g/mol. The highest BCUT2D eigenvalue weighted by atomic mass is 16.2. The van der Waals surface area contributed by atoms with Crippen LogP contribution in [-0.2, 0) is 18.3 Å². The van der Waals surface area contributed by atoms with Gasteiger partial charge in [0.25, 0.3) is 0 Å². The molecule has 5 heteroatoms. The number of carbonyl (C=O) groups excluding carboxylic acids is 1. The van der Waals surface area contributed by atoms with Crippen LogP contribution >= 0.6 is 0 Å². The van der Waals surface area contributed by atoms with Crippen LogP contribution in [0.2, 0.25) is 0 Å². The summed E-state index contributed by atoms with van der Waals surface area (Å²) in [7, 11) is 1.89. The van der Waals surface area contributed by atoms with Crippen molar-refractivity contribution >= 4 is 5.91 Å². The van der Waals surface area contributed by atoms with Crippen molar-refractivity contribution in [2.45, 2.75) is 12.8 Å². The van der Waals surface area contributed by atoms with E-state index >= 15 is 0 Å². The van der Waals surface area contributed by atoms with Gasteiger partial charge >= 0.3 is 0 Å². The lowest BCUT2D eigenvalue weighted by Crippen LogP contribution is -2.28. The van der Waals surface area contributed by atoms with Crippen molar-refractivity contribution in [3.05, 3.63) is 18.0 Å². The molecule has 2 heterocycles. The van der Waals surface area contributed by atoms with Gasteiger partial charge in [-0.25, -0.2) is 0 Å². The number of aryl methyl sites for hydroxylation is 1. The molecule has 1 aliphatic rings. The van der Waals surface area contributed by atoms with Crippen LogP contribution in [0.1, 0.15) is 12.1 Å². The number of nitrogens with zero attached hydrogens (tertiary/aromatic N) is 4. The quantitative estimate of drug-likeness (QED) is 0.734. The summed E-state index contributed by atoms with van der Waals surface area (Å²) in [6.07, 6.45) is 2.92. The average Bonchev–Trinajstić information content (AvgIpc) is 2.82. The minimum absolute atomic E-state index is 0.0914. The first-order chi connectivity index (χ1) is 7.70. The standard InChI is InChI=1S/C11H14N4O/c1-14-10(2-4-13-14)3-5-15-8-9(7-12)6-11(15)16/h2,4,9H,3,5-6,8H2,1H3. The van der Waals surface area contributed by atoms with Crippen LogP contribution in [0.3, 0.4) is 0 Å². The molecule has 84 valence electrons. The van der Waals surface area contributed by atoms with E-state index in [9.17, 15) is 4.79 Å². The second-order valence-electron chi connectivity index (χ2n) is 4.07. The Kier molecular flexibility index (Phi) is 2.91. The van der Waals surface area contributed by atoms with Gasteiger partial charge in [0.2, 0.25) is 5.91 Å². The fourth-order valence-electron chi connectivity index (χ4n) is 1.97. The topological polar surface area (TPSA) is 61.9 Å². The summed E-state index contributed by atoms with van der Waals surface area (Å²) in [6, 6.07) is 4.10. The molecule has 5 nitrogen and oxygen atoms in total. The second kappa shape index (κ2) is 4.35. The maximum Gasteiger partial charge on any atom is 0.224 e. The molecule has 0 spiro atoms. The Labute approximate surface area is 94.3 Å². The van der Waals surface area contributed by atoms with Gasteiger partial charge in [0.05, 0.1) is 12.0 Å². The molecule has 1 aromatic rings. The Morgan fingerprint density at radius 2 is 2.50 bits per heavy atom. The fourth-order valence-corrected chi connectivity index (χ4v) is 1.97. The van der Waals surface area contributed by atoms with E-state index < -0.39 is 0 Å². The normalized spacial score (nSPS) is 20.1. The van der Waals surface area contributed by atoms with Gasteiger partial charge in [-0.2, -0.15) is 10.4 Å². The molecule has 2 rings (SSSR count). The van der Waals surface area contributed by atoms with Crippen molar-refractivity contribution in [2.24, 2.45) is 13.0 Å². The molecule has 1 amide bonds. The van der Waals surface area contributed by atoms with Crippen LogP contribution in [0.4, 0.5) is 0 Å². The van der Waals surface area contributed by atoms with Gasteiger partial charge in [-0.3, -0.25) is 9.48 Å². The lowest BCUT2D eigenvalue weighted by molar-refractivity contribution is -0.127. The summed E-state index contributed by atoms with van der Waals surface area (Å²) >= 11 is 0. The summed E-state index contributed by atoms with van der Waals surface area (Å²) in [5.41, 5.74) is 1.10. The predicted molar refractivity (Wildman–Crippen MR) is 57.2 cm³/mol. The zero-order chi connectivity index (χ0) is 11.5. The number of hydrogen-bond donors (Lipinski definition) is 0. The smallest absolute Gasteiger partial charge is 0.224 e. The van der Waals surface area contributed by atoms with E-state index in [1.54, 1.807) is 11.1 Å². The molecule has 0 bridgehead atoms. The van der Waals surface area contributed by atoms with Crippen LogP contribution in [0, 0.1) is 17.2 Å². The lowest BCUT2D eigenvalue weighted by atomic mass is 10.1. The summed E-state index contributed by atoms with van der Waals surface area (Å²) in [5.74, 6) is -0.0345. The third-order valence-corrected chi connectivity index (χ3v) is 2.96. The van der Waals surface area contributed by atoms with Crippen molar-refractivity contribution in [1.29, 1.82) is 5.26 Å². The Hall–Kier alpha value is -1.83. The Bertz CT molecular complexity index is 431. The minimum Gasteiger partial charge on any atom is -0.341 e. The molecule has 0 N–H and O–H groups in total. The van der Waals surface area contributed by atoms with E-state index in [1.165, 1.54) is 0 Å². The van der Waals surface area contributed by atoms with Gasteiger partial charge in [0, 0.05) is 44.9 Å². The fraction of sp³-hybridized carbons (Fsp3) is 0.545. The third kappa shape index (κ3) is 2.06. The maximum atomic E-state index is 11.5. The highest BCUT2D eigenvalue weighted by Crippen LogP contribution is 2.16. The first kappa shape index (κ1) is 10.7. The monoisotopic (exact) mass is 218 g/mol. The molecule has 1 aromatic heterocycles. The molecular formula is C11H14N4O. The zero-order valence-electron chi connectivity index (χ0n) is 9.26. The molecule has 0 aliphatic carbocycles. The van der Waals surface area contributed by atoms with E-state index in [1.807, 2.05) is 17.8 Å². The Morgan fingerprint density at radius 1 is 1.69 bits per heavy atom. The number of likely N-dealkylation sites (tertiary alicyclic amines) is 1. The maximum absolute atomic E-state index is 11.5. The van der Waals surface area contributed by atoms with Crippen LogP contribution in [-0.4, -0.2) is 33.7 Å². The van der Waals surface area contributed by atoms with Gasteiger partial charge in [-0.15, -0.1) is 0 Å². The van der Waals surface area contributed by atoms with E-state index in [2.05, 4.69) is 11.2 Å². The number of aromatic nitrogens is 2. The molecule has 1 atom stereocenters. The van der Waals surface area contributed by atoms with Crippen molar-refractivity contribution in [3.8, 4) is 6.07 Å². The zero-order valence-corrected chi connectivity index (χ0v) is 9.26. The first-order valence-corrected chi connectivity index (χ1v) is 5.35. The molecule has 1 fully saturated rings. The summed E-state index contributed by atoms with van der Waals surface area (Å²) < 4.78 is 1.81. The van der Waals surface area contributed by atoms with E-state index in [-0.39, 0.29) is 11.8 Å². The molecule has 1 saturated heterocycles. The predicted octanol–water partition coefficient (Wildman–Crippen LogP) is 0.335. The molecule has 0 saturated carbocycles. The number of rotatable bonds is 3. The number of hydrogen-bond acceptors (Lipinski definition) is 3. The van der Waals surface area contributed by atoms with Gasteiger partial charge < -0.3 is 4.90 Å². The summed E-state index contributed by atoms with van der Waals surface area (Å²) in [5, 5.41) is 12.8. The van der Waals surface area contributed by atoms with Gasteiger partial charge in [-0.1, -0.05) is 0 Å². The van der Waals surface area contributed by atoms with E-state index in [0.29, 0.717) is 19.5 Å². The molecular weight excluding hydrogens is 204 g/mol. The molecule has 0 radical (unpaired) electrons. The SMILES string of the molecule is Cn1nccc1CCN1CC(C#N)CC1=O. The number of carbonyl (C=O) groups is 1. The Balaban J connectivity index is 1.90. The largest absolute Gasteiger partial charge is 0.341 e. The third-order valence-electron chi connectivity index (χ3n) is 2.96. The van der Waals surface area contributed by atoms with Gasteiger partial charge in [0.15, 0.2) is 0 Å². The van der Waals surface area contributed by atoms with E-state index in [0.717, 1.165) is 12.1 Å². The van der Waals surface area contributed by atoms with Crippen LogP contribution < -0.4 is 0 Å². The van der Waals surface area contributed by atoms with Crippen molar-refractivity contribution < 1.29 is 4.79 Å². The van der Waals surface area contributed by atoms with Crippen molar-refractivity contribution in [3.63, 3.8) is 0 Å². The highest BCUT2D eigenvalue weighted by Gasteiger charge is 2.28. The number of nitriles is 1. The van der Waals surface area contributed by atoms with Gasteiger partial charge in [0.1, 0.15) is 0 Å². The van der Waals surface area contributed by atoms with Crippen LogP contribution in [0.5, 0.6) is 0 Å². The van der Waals surface area contributed by atoms with Crippen LogP contribution in [0.15, 0.2) is 12.3 Å². The highest BCUT2D eigenvalue weighted by molar-refractivity contribution is 5.79. The molecule has 16 heavy (non-hydrogen) atoms. The van der Waals surface area contributed by atoms with Crippen LogP contribution in [0.25, 0.3) is 0 Å². The lowest BCUT2D eigenvalue weighted by Gasteiger charge is -2.15. The summed E-state index contributed by atoms with van der Waals surface area (Å²) in [6.45, 7) is 1.25. The minimum atomic E-state index is -0.126.